The number of ether oxygens (including phenoxy) is 1. The van der Waals surface area contributed by atoms with Crippen molar-refractivity contribution in [2.24, 2.45) is 0 Å². The molecule has 22 heavy (non-hydrogen) atoms. The van der Waals surface area contributed by atoms with E-state index in [2.05, 4.69) is 4.98 Å². The molecule has 0 saturated carbocycles. The summed E-state index contributed by atoms with van der Waals surface area (Å²) in [5.41, 5.74) is -1.80. The number of halogens is 3. The van der Waals surface area contributed by atoms with Gasteiger partial charge < -0.3 is 4.74 Å². The van der Waals surface area contributed by atoms with E-state index in [9.17, 15) is 18.0 Å². The van der Waals surface area contributed by atoms with Crippen LogP contribution in [0.5, 0.6) is 0 Å². The zero-order valence-electron chi connectivity index (χ0n) is 12.1. The third-order valence-electron chi connectivity index (χ3n) is 3.17. The SMILES string of the molecule is CCc1c(C(F)(F)F)nc(-c2ccccc2)n(COC)c1=O. The summed E-state index contributed by atoms with van der Waals surface area (Å²) in [6, 6.07) is 8.26. The van der Waals surface area contributed by atoms with Crippen LogP contribution in [0.2, 0.25) is 0 Å². The normalized spacial score (nSPS) is 11.7. The molecule has 0 unspecified atom stereocenters. The van der Waals surface area contributed by atoms with Crippen molar-refractivity contribution in [3.05, 3.63) is 51.9 Å². The molecule has 0 atom stereocenters. The van der Waals surface area contributed by atoms with E-state index in [0.29, 0.717) is 5.56 Å². The summed E-state index contributed by atoms with van der Waals surface area (Å²) in [6.07, 6.45) is -4.74. The first-order valence-corrected chi connectivity index (χ1v) is 6.65. The molecule has 2 rings (SSSR count). The zero-order valence-corrected chi connectivity index (χ0v) is 12.1. The van der Waals surface area contributed by atoms with Crippen LogP contribution in [0, 0.1) is 0 Å². The summed E-state index contributed by atoms with van der Waals surface area (Å²) >= 11 is 0. The van der Waals surface area contributed by atoms with Crippen LogP contribution in [0.4, 0.5) is 13.2 Å². The van der Waals surface area contributed by atoms with Gasteiger partial charge in [0.25, 0.3) is 5.56 Å². The van der Waals surface area contributed by atoms with Gasteiger partial charge in [-0.3, -0.25) is 9.36 Å². The second-order valence-corrected chi connectivity index (χ2v) is 4.63. The molecule has 0 aliphatic rings. The predicted octanol–water partition coefficient (Wildman–Crippen LogP) is 3.10. The number of rotatable bonds is 4. The van der Waals surface area contributed by atoms with Crippen LogP contribution >= 0.6 is 0 Å². The van der Waals surface area contributed by atoms with E-state index in [1.807, 2.05) is 0 Å². The van der Waals surface area contributed by atoms with Gasteiger partial charge in [-0.2, -0.15) is 13.2 Å². The van der Waals surface area contributed by atoms with Crippen molar-refractivity contribution in [2.45, 2.75) is 26.3 Å². The summed E-state index contributed by atoms with van der Waals surface area (Å²) in [6.45, 7) is 1.33. The van der Waals surface area contributed by atoms with Gasteiger partial charge in [-0.15, -0.1) is 0 Å². The Bertz CT molecular complexity index is 709. The average molecular weight is 312 g/mol. The zero-order chi connectivity index (χ0) is 16.3. The highest BCUT2D eigenvalue weighted by Gasteiger charge is 2.37. The molecule has 7 heteroatoms. The van der Waals surface area contributed by atoms with Gasteiger partial charge >= 0.3 is 6.18 Å². The number of methoxy groups -OCH3 is 1. The summed E-state index contributed by atoms with van der Waals surface area (Å²) < 4.78 is 45.6. The molecule has 1 heterocycles. The first-order chi connectivity index (χ1) is 10.4. The Kier molecular flexibility index (Phi) is 4.65. The number of nitrogens with zero attached hydrogens (tertiary/aromatic N) is 2. The monoisotopic (exact) mass is 312 g/mol. The highest BCUT2D eigenvalue weighted by Crippen LogP contribution is 2.31. The lowest BCUT2D eigenvalue weighted by molar-refractivity contribution is -0.142. The number of aromatic nitrogens is 2. The lowest BCUT2D eigenvalue weighted by atomic mass is 10.1. The van der Waals surface area contributed by atoms with E-state index in [-0.39, 0.29) is 24.5 Å². The molecule has 1 aromatic carbocycles. The fraction of sp³-hybridized carbons (Fsp3) is 0.333. The summed E-state index contributed by atoms with van der Waals surface area (Å²) in [5.74, 6) is -0.0584. The standard InChI is InChI=1S/C15H15F3N2O2/c1-3-11-12(15(16,17)18)19-13(10-7-5-4-6-8-10)20(9-22-2)14(11)21/h4-8H,3,9H2,1-2H3. The summed E-state index contributed by atoms with van der Waals surface area (Å²) in [4.78, 5) is 16.1. The molecule has 0 saturated heterocycles. The summed E-state index contributed by atoms with van der Waals surface area (Å²) in [7, 11) is 1.37. The van der Waals surface area contributed by atoms with Crippen molar-refractivity contribution in [1.82, 2.24) is 9.55 Å². The Morgan fingerprint density at radius 2 is 1.86 bits per heavy atom. The largest absolute Gasteiger partial charge is 0.433 e. The molecular weight excluding hydrogens is 297 g/mol. The molecule has 0 radical (unpaired) electrons. The molecule has 0 aliphatic heterocycles. The summed E-state index contributed by atoms with van der Waals surface area (Å²) in [5, 5.41) is 0. The van der Waals surface area contributed by atoms with Crippen LogP contribution in [0.25, 0.3) is 11.4 Å². The first-order valence-electron chi connectivity index (χ1n) is 6.65. The van der Waals surface area contributed by atoms with Crippen molar-refractivity contribution in [3.8, 4) is 11.4 Å². The van der Waals surface area contributed by atoms with Crippen molar-refractivity contribution in [3.63, 3.8) is 0 Å². The van der Waals surface area contributed by atoms with Crippen molar-refractivity contribution >= 4 is 0 Å². The number of hydrogen-bond acceptors (Lipinski definition) is 3. The third kappa shape index (κ3) is 3.04. The van der Waals surface area contributed by atoms with Gasteiger partial charge in [0.15, 0.2) is 5.69 Å². The average Bonchev–Trinajstić information content (AvgIpc) is 2.48. The molecule has 0 N–H and O–H groups in total. The first kappa shape index (κ1) is 16.2. The topological polar surface area (TPSA) is 44.1 Å². The van der Waals surface area contributed by atoms with E-state index >= 15 is 0 Å². The molecule has 2 aromatic rings. The number of hydrogen-bond donors (Lipinski definition) is 0. The minimum Gasteiger partial charge on any atom is -0.364 e. The Balaban J connectivity index is 2.81. The lowest BCUT2D eigenvalue weighted by Gasteiger charge is -2.17. The van der Waals surface area contributed by atoms with E-state index in [1.165, 1.54) is 14.0 Å². The van der Waals surface area contributed by atoms with Crippen LogP contribution < -0.4 is 5.56 Å². The fourth-order valence-electron chi connectivity index (χ4n) is 2.20. The number of alkyl halides is 3. The van der Waals surface area contributed by atoms with Gasteiger partial charge in [0.1, 0.15) is 12.6 Å². The van der Waals surface area contributed by atoms with Crippen LogP contribution in [-0.2, 0) is 24.1 Å². The third-order valence-corrected chi connectivity index (χ3v) is 3.17. The molecule has 0 amide bonds. The molecule has 0 spiro atoms. The Labute approximate surface area is 125 Å². The molecule has 4 nitrogen and oxygen atoms in total. The van der Waals surface area contributed by atoms with Crippen LogP contribution in [0.15, 0.2) is 35.1 Å². The van der Waals surface area contributed by atoms with Gasteiger partial charge in [0.05, 0.1) is 0 Å². The Hall–Kier alpha value is -2.15. The van der Waals surface area contributed by atoms with Crippen molar-refractivity contribution in [2.75, 3.05) is 7.11 Å². The second-order valence-electron chi connectivity index (χ2n) is 4.63. The molecule has 0 aliphatic carbocycles. The van der Waals surface area contributed by atoms with Crippen LogP contribution in [0.1, 0.15) is 18.2 Å². The molecule has 0 bridgehead atoms. The predicted molar refractivity (Wildman–Crippen MR) is 75.3 cm³/mol. The lowest BCUT2D eigenvalue weighted by Crippen LogP contribution is -2.31. The van der Waals surface area contributed by atoms with E-state index in [4.69, 9.17) is 4.74 Å². The quantitative estimate of drug-likeness (QED) is 0.871. The molecule has 1 aromatic heterocycles. The van der Waals surface area contributed by atoms with E-state index in [0.717, 1.165) is 4.57 Å². The highest BCUT2D eigenvalue weighted by molar-refractivity contribution is 5.55. The van der Waals surface area contributed by atoms with Crippen molar-refractivity contribution in [1.29, 1.82) is 0 Å². The maximum Gasteiger partial charge on any atom is 0.433 e. The maximum atomic E-state index is 13.2. The number of benzene rings is 1. The van der Waals surface area contributed by atoms with Gasteiger partial charge in [0, 0.05) is 18.2 Å². The molecular formula is C15H15F3N2O2. The van der Waals surface area contributed by atoms with Crippen molar-refractivity contribution < 1.29 is 17.9 Å². The van der Waals surface area contributed by atoms with Gasteiger partial charge in [-0.25, -0.2) is 4.98 Å². The Morgan fingerprint density at radius 1 is 1.23 bits per heavy atom. The minimum absolute atomic E-state index is 0.0561. The van der Waals surface area contributed by atoms with E-state index < -0.39 is 17.4 Å². The molecule has 0 fully saturated rings. The minimum atomic E-state index is -4.68. The second kappa shape index (κ2) is 6.31. The van der Waals surface area contributed by atoms with Gasteiger partial charge in [0.2, 0.25) is 0 Å². The highest BCUT2D eigenvalue weighted by atomic mass is 19.4. The van der Waals surface area contributed by atoms with Gasteiger partial charge in [-0.05, 0) is 6.42 Å². The fourth-order valence-corrected chi connectivity index (χ4v) is 2.20. The Morgan fingerprint density at radius 3 is 2.36 bits per heavy atom. The maximum absolute atomic E-state index is 13.2. The van der Waals surface area contributed by atoms with Crippen LogP contribution in [-0.4, -0.2) is 16.7 Å². The molecule has 118 valence electrons. The van der Waals surface area contributed by atoms with Crippen LogP contribution in [0.3, 0.4) is 0 Å². The van der Waals surface area contributed by atoms with E-state index in [1.54, 1.807) is 30.3 Å². The van der Waals surface area contributed by atoms with Gasteiger partial charge in [-0.1, -0.05) is 37.3 Å². The smallest absolute Gasteiger partial charge is 0.364 e.